The summed E-state index contributed by atoms with van der Waals surface area (Å²) in [5.74, 6) is 1.76. The van der Waals surface area contributed by atoms with Crippen molar-refractivity contribution in [2.45, 2.75) is 31.6 Å². The molecule has 0 N–H and O–H groups in total. The number of methoxy groups -OCH3 is 3. The lowest BCUT2D eigenvalue weighted by Crippen LogP contribution is -2.40. The van der Waals surface area contributed by atoms with Gasteiger partial charge in [0.1, 0.15) is 17.2 Å². The molecule has 1 atom stereocenters. The molecule has 0 saturated carbocycles. The number of carbonyl (C=O) groups is 2. The first-order valence-corrected chi connectivity index (χ1v) is 10.0. The number of benzene rings is 2. The van der Waals surface area contributed by atoms with Crippen LogP contribution >= 0.6 is 0 Å². The van der Waals surface area contributed by atoms with Gasteiger partial charge in [-0.25, -0.2) is 0 Å². The Labute approximate surface area is 176 Å². The van der Waals surface area contributed by atoms with Crippen LogP contribution in [0.3, 0.4) is 0 Å². The largest absolute Gasteiger partial charge is 0.497 e. The van der Waals surface area contributed by atoms with Gasteiger partial charge in [-0.05, 0) is 43.2 Å². The Morgan fingerprint density at radius 2 is 1.57 bits per heavy atom. The van der Waals surface area contributed by atoms with Gasteiger partial charge in [0.2, 0.25) is 5.91 Å². The minimum atomic E-state index is -0.323. The van der Waals surface area contributed by atoms with Gasteiger partial charge in [-0.15, -0.1) is 0 Å². The van der Waals surface area contributed by atoms with E-state index in [2.05, 4.69) is 0 Å². The minimum absolute atomic E-state index is 0.0310. The zero-order valence-electron chi connectivity index (χ0n) is 17.4. The van der Waals surface area contributed by atoms with Crippen LogP contribution in [0.2, 0.25) is 0 Å². The average Bonchev–Trinajstić information content (AvgIpc) is 2.78. The molecule has 0 aromatic heterocycles. The highest BCUT2D eigenvalue weighted by atomic mass is 16.5. The summed E-state index contributed by atoms with van der Waals surface area (Å²) >= 11 is 0. The zero-order chi connectivity index (χ0) is 21.3. The summed E-state index contributed by atoms with van der Waals surface area (Å²) in [6, 6.07) is 12.9. The van der Waals surface area contributed by atoms with E-state index < -0.39 is 0 Å². The number of ketones is 1. The third-order valence-corrected chi connectivity index (χ3v) is 5.82. The van der Waals surface area contributed by atoms with Crippen molar-refractivity contribution in [1.29, 1.82) is 0 Å². The molecule has 2 aliphatic rings. The van der Waals surface area contributed by atoms with Gasteiger partial charge in [-0.2, -0.15) is 0 Å². The highest BCUT2D eigenvalue weighted by Gasteiger charge is 2.40. The van der Waals surface area contributed by atoms with E-state index >= 15 is 0 Å². The van der Waals surface area contributed by atoms with Crippen LogP contribution in [0.15, 0.2) is 53.7 Å². The number of hydrogen-bond donors (Lipinski definition) is 0. The number of rotatable bonds is 5. The molecule has 1 aliphatic heterocycles. The van der Waals surface area contributed by atoms with Crippen LogP contribution < -0.4 is 19.1 Å². The smallest absolute Gasteiger partial charge is 0.232 e. The SMILES string of the molecule is COc1ccc(N2C(=O)CC(c3ccc(OC)cc3OC)C3=C2CCCC3=O)cc1. The fourth-order valence-corrected chi connectivity index (χ4v) is 4.40. The maximum absolute atomic E-state index is 13.3. The molecule has 6 nitrogen and oxygen atoms in total. The van der Waals surface area contributed by atoms with Crippen LogP contribution in [0, 0.1) is 0 Å². The van der Waals surface area contributed by atoms with Crippen molar-refractivity contribution in [3.63, 3.8) is 0 Å². The lowest BCUT2D eigenvalue weighted by Gasteiger charge is -2.38. The number of amides is 1. The number of ether oxygens (including phenoxy) is 3. The van der Waals surface area contributed by atoms with Crippen molar-refractivity contribution < 1.29 is 23.8 Å². The predicted octanol–water partition coefficient (Wildman–Crippen LogP) is 4.24. The fourth-order valence-electron chi connectivity index (χ4n) is 4.40. The number of hydrogen-bond acceptors (Lipinski definition) is 5. The maximum atomic E-state index is 13.3. The second kappa shape index (κ2) is 8.22. The van der Waals surface area contributed by atoms with Crippen LogP contribution in [0.1, 0.15) is 37.2 Å². The molecule has 4 rings (SSSR count). The number of anilines is 1. The summed E-state index contributed by atoms with van der Waals surface area (Å²) in [7, 11) is 4.79. The Bertz CT molecular complexity index is 1010. The van der Waals surface area contributed by atoms with Gasteiger partial charge in [0.05, 0.1) is 21.3 Å². The lowest BCUT2D eigenvalue weighted by molar-refractivity contribution is -0.119. The van der Waals surface area contributed by atoms with E-state index in [0.717, 1.165) is 34.7 Å². The maximum Gasteiger partial charge on any atom is 0.232 e. The van der Waals surface area contributed by atoms with Crippen molar-refractivity contribution in [3.05, 3.63) is 59.3 Å². The van der Waals surface area contributed by atoms with E-state index in [9.17, 15) is 9.59 Å². The Hall–Kier alpha value is -3.28. The topological polar surface area (TPSA) is 65.1 Å². The van der Waals surface area contributed by atoms with Crippen molar-refractivity contribution in [2.24, 2.45) is 0 Å². The molecule has 0 fully saturated rings. The molecule has 2 aromatic carbocycles. The highest BCUT2D eigenvalue weighted by molar-refractivity contribution is 6.07. The van der Waals surface area contributed by atoms with E-state index in [4.69, 9.17) is 14.2 Å². The van der Waals surface area contributed by atoms with Gasteiger partial charge in [-0.3, -0.25) is 14.5 Å². The molecule has 0 spiro atoms. The van der Waals surface area contributed by atoms with Crippen molar-refractivity contribution in [1.82, 2.24) is 0 Å². The molecular weight excluding hydrogens is 382 g/mol. The summed E-state index contributed by atoms with van der Waals surface area (Å²) in [6.07, 6.45) is 2.13. The molecule has 1 unspecified atom stereocenters. The standard InChI is InChI=1S/C24H25NO5/c1-28-16-9-7-15(8-10-16)25-20-5-4-6-21(26)24(20)19(14-23(25)27)18-12-11-17(29-2)13-22(18)30-3/h7-13,19H,4-6,14H2,1-3H3. The minimum Gasteiger partial charge on any atom is -0.497 e. The lowest BCUT2D eigenvalue weighted by atomic mass is 9.77. The monoisotopic (exact) mass is 407 g/mol. The molecule has 1 heterocycles. The fraction of sp³-hybridized carbons (Fsp3) is 0.333. The van der Waals surface area contributed by atoms with Crippen LogP contribution in [-0.2, 0) is 9.59 Å². The van der Waals surface area contributed by atoms with E-state index in [1.807, 2.05) is 36.4 Å². The summed E-state index contributed by atoms with van der Waals surface area (Å²) in [4.78, 5) is 28.0. The average molecular weight is 407 g/mol. The molecule has 6 heteroatoms. The van der Waals surface area contributed by atoms with Crippen molar-refractivity contribution in [3.8, 4) is 17.2 Å². The van der Waals surface area contributed by atoms with E-state index in [1.165, 1.54) is 0 Å². The quantitative estimate of drug-likeness (QED) is 0.742. The predicted molar refractivity (Wildman–Crippen MR) is 113 cm³/mol. The number of carbonyl (C=O) groups excluding carboxylic acids is 2. The first-order chi connectivity index (χ1) is 14.6. The third-order valence-electron chi connectivity index (χ3n) is 5.82. The molecule has 0 radical (unpaired) electrons. The molecule has 156 valence electrons. The summed E-state index contributed by atoms with van der Waals surface area (Å²) in [5.41, 5.74) is 3.11. The van der Waals surface area contributed by atoms with Gasteiger partial charge in [0.25, 0.3) is 0 Å². The third kappa shape index (κ3) is 3.43. The van der Waals surface area contributed by atoms with E-state index in [-0.39, 0.29) is 24.0 Å². The van der Waals surface area contributed by atoms with E-state index in [1.54, 1.807) is 32.3 Å². The Balaban J connectivity index is 1.83. The first kappa shape index (κ1) is 20.0. The molecule has 30 heavy (non-hydrogen) atoms. The second-order valence-electron chi connectivity index (χ2n) is 7.43. The second-order valence-corrected chi connectivity index (χ2v) is 7.43. The Kier molecular flexibility index (Phi) is 5.48. The number of Topliss-reactive ketones (excluding diaryl/α,β-unsaturated/α-hetero) is 1. The van der Waals surface area contributed by atoms with Gasteiger partial charge in [0.15, 0.2) is 5.78 Å². The molecular formula is C24H25NO5. The van der Waals surface area contributed by atoms with Gasteiger partial charge in [0, 0.05) is 47.3 Å². The molecule has 0 saturated heterocycles. The zero-order valence-corrected chi connectivity index (χ0v) is 17.4. The first-order valence-electron chi connectivity index (χ1n) is 10.0. The Morgan fingerprint density at radius 3 is 2.23 bits per heavy atom. The number of allylic oxidation sites excluding steroid dienone is 2. The number of nitrogens with zero attached hydrogens (tertiary/aromatic N) is 1. The normalized spacial score (nSPS) is 18.9. The summed E-state index contributed by atoms with van der Waals surface area (Å²) in [6.45, 7) is 0. The summed E-state index contributed by atoms with van der Waals surface area (Å²) < 4.78 is 16.1. The van der Waals surface area contributed by atoms with Crippen molar-refractivity contribution in [2.75, 3.05) is 26.2 Å². The van der Waals surface area contributed by atoms with Gasteiger partial charge >= 0.3 is 0 Å². The molecule has 1 aliphatic carbocycles. The molecule has 0 bridgehead atoms. The van der Waals surface area contributed by atoms with Crippen molar-refractivity contribution >= 4 is 17.4 Å². The van der Waals surface area contributed by atoms with Crippen LogP contribution in [0.5, 0.6) is 17.2 Å². The molecule has 2 aromatic rings. The van der Waals surface area contributed by atoms with Gasteiger partial charge < -0.3 is 14.2 Å². The van der Waals surface area contributed by atoms with Gasteiger partial charge in [-0.1, -0.05) is 6.07 Å². The summed E-state index contributed by atoms with van der Waals surface area (Å²) in [5, 5.41) is 0. The highest BCUT2D eigenvalue weighted by Crippen LogP contribution is 2.46. The Morgan fingerprint density at radius 1 is 0.867 bits per heavy atom. The van der Waals surface area contributed by atoms with Crippen LogP contribution in [0.25, 0.3) is 0 Å². The van der Waals surface area contributed by atoms with Crippen LogP contribution in [-0.4, -0.2) is 33.0 Å². The van der Waals surface area contributed by atoms with Crippen LogP contribution in [0.4, 0.5) is 5.69 Å². The molecule has 1 amide bonds. The van der Waals surface area contributed by atoms with E-state index in [0.29, 0.717) is 24.3 Å².